The molecular weight excluding hydrogens is 522 g/mol. The number of carbonyl (C=O) groups is 3. The van der Waals surface area contributed by atoms with Crippen molar-refractivity contribution in [2.75, 3.05) is 4.90 Å². The van der Waals surface area contributed by atoms with Gasteiger partial charge in [0.05, 0.1) is 28.0 Å². The molecule has 196 valence electrons. The molecule has 1 saturated heterocycles. The molecule has 4 aromatic carbocycles. The van der Waals surface area contributed by atoms with E-state index >= 15 is 0 Å². The molecule has 7 heteroatoms. The molecule has 0 unspecified atom stereocenters. The molecule has 8 rings (SSSR count). The quantitative estimate of drug-likeness (QED) is 0.205. The molecule has 0 radical (unpaired) electrons. The number of carbonyl (C=O) groups excluding carboxylic acids is 3. The van der Waals surface area contributed by atoms with Crippen LogP contribution in [-0.2, 0) is 15.0 Å². The van der Waals surface area contributed by atoms with Gasteiger partial charge in [-0.2, -0.15) is 5.10 Å². The number of hydrazone groups is 1. The van der Waals surface area contributed by atoms with Crippen molar-refractivity contribution < 1.29 is 14.4 Å². The predicted molar refractivity (Wildman–Crippen MR) is 154 cm³/mol. The Kier molecular flexibility index (Phi) is 5.51. The fraction of sp³-hybridized carbons (Fsp3) is 0.152. The molecule has 3 amide bonds. The van der Waals surface area contributed by atoms with Gasteiger partial charge < -0.3 is 0 Å². The number of amides is 3. The summed E-state index contributed by atoms with van der Waals surface area (Å²) < 4.78 is 0. The minimum atomic E-state index is -1.07. The van der Waals surface area contributed by atoms with Gasteiger partial charge in [0.1, 0.15) is 0 Å². The molecule has 2 bridgehead atoms. The van der Waals surface area contributed by atoms with Gasteiger partial charge in [-0.1, -0.05) is 90.0 Å². The molecule has 0 spiro atoms. The molecule has 1 heterocycles. The molecule has 0 saturated carbocycles. The summed E-state index contributed by atoms with van der Waals surface area (Å²) in [5.74, 6) is -2.66. The van der Waals surface area contributed by atoms with Crippen LogP contribution in [0.5, 0.6) is 0 Å². The molecule has 4 aromatic rings. The van der Waals surface area contributed by atoms with Crippen LogP contribution >= 0.6 is 11.6 Å². The first kappa shape index (κ1) is 24.5. The van der Waals surface area contributed by atoms with Crippen molar-refractivity contribution in [3.63, 3.8) is 0 Å². The maximum absolute atomic E-state index is 14.4. The first-order valence-corrected chi connectivity index (χ1v) is 13.5. The summed E-state index contributed by atoms with van der Waals surface area (Å²) in [6.45, 7) is 1.95. The predicted octanol–water partition coefficient (Wildman–Crippen LogP) is 5.62. The van der Waals surface area contributed by atoms with Gasteiger partial charge in [-0.25, -0.2) is 10.3 Å². The molecule has 1 N–H and O–H groups in total. The van der Waals surface area contributed by atoms with E-state index in [4.69, 9.17) is 11.6 Å². The summed E-state index contributed by atoms with van der Waals surface area (Å²) in [4.78, 5) is 42.7. The van der Waals surface area contributed by atoms with Gasteiger partial charge in [0.2, 0.25) is 11.8 Å². The van der Waals surface area contributed by atoms with Crippen LogP contribution in [0.1, 0.15) is 44.1 Å². The van der Waals surface area contributed by atoms with Crippen LogP contribution < -0.4 is 10.3 Å². The van der Waals surface area contributed by atoms with Crippen molar-refractivity contribution >= 4 is 41.2 Å². The van der Waals surface area contributed by atoms with Gasteiger partial charge in [-0.15, -0.1) is 0 Å². The van der Waals surface area contributed by atoms with E-state index in [-0.39, 0.29) is 23.6 Å². The van der Waals surface area contributed by atoms with E-state index in [1.807, 2.05) is 67.6 Å². The zero-order valence-corrected chi connectivity index (χ0v) is 22.3. The Labute approximate surface area is 236 Å². The number of benzene rings is 4. The maximum Gasteiger partial charge on any atom is 0.271 e. The lowest BCUT2D eigenvalue weighted by Crippen LogP contribution is -2.54. The summed E-state index contributed by atoms with van der Waals surface area (Å²) in [7, 11) is 0. The second-order valence-corrected chi connectivity index (χ2v) is 11.0. The highest BCUT2D eigenvalue weighted by Crippen LogP contribution is 2.63. The van der Waals surface area contributed by atoms with E-state index in [1.165, 1.54) is 4.90 Å². The number of anilines is 1. The van der Waals surface area contributed by atoms with Crippen LogP contribution in [0.4, 0.5) is 5.69 Å². The van der Waals surface area contributed by atoms with E-state index in [1.54, 1.807) is 42.6 Å². The third-order valence-electron chi connectivity index (χ3n) is 8.53. The van der Waals surface area contributed by atoms with E-state index in [9.17, 15) is 14.4 Å². The van der Waals surface area contributed by atoms with E-state index < -0.39 is 17.3 Å². The molecule has 2 atom stereocenters. The van der Waals surface area contributed by atoms with Crippen molar-refractivity contribution in [3.8, 4) is 0 Å². The van der Waals surface area contributed by atoms with Crippen LogP contribution in [0.25, 0.3) is 0 Å². The van der Waals surface area contributed by atoms with E-state index in [0.29, 0.717) is 16.3 Å². The highest BCUT2D eigenvalue weighted by Gasteiger charge is 2.68. The number of rotatable bonds is 4. The monoisotopic (exact) mass is 545 g/mol. The summed E-state index contributed by atoms with van der Waals surface area (Å²) in [6, 6.07) is 29.9. The Hall–Kier alpha value is -4.55. The van der Waals surface area contributed by atoms with Gasteiger partial charge >= 0.3 is 0 Å². The molecule has 40 heavy (non-hydrogen) atoms. The second kappa shape index (κ2) is 9.00. The standard InChI is InChI=1S/C33H24ClN3O3/c1-19-14-16-20(17-15-19)30(38)36-35-18-33-23-10-4-2-8-21(23)27(22-9-3-5-11-24(22)33)28-29(33)32(40)37(31(28)39)26-13-7-6-12-25(26)34/h2-18,27-29H,1H3,(H,36,38)/b35-18+/t27?,28-,29-,33?/m0/s1. The summed E-state index contributed by atoms with van der Waals surface area (Å²) in [5, 5.41) is 4.79. The van der Waals surface area contributed by atoms with Crippen LogP contribution in [0, 0.1) is 18.8 Å². The van der Waals surface area contributed by atoms with Gasteiger partial charge in [0.25, 0.3) is 5.91 Å². The summed E-state index contributed by atoms with van der Waals surface area (Å²) >= 11 is 6.50. The number of nitrogens with zero attached hydrogens (tertiary/aromatic N) is 2. The first-order chi connectivity index (χ1) is 19.4. The lowest BCUT2D eigenvalue weighted by molar-refractivity contribution is -0.122. The van der Waals surface area contributed by atoms with Gasteiger partial charge in [0, 0.05) is 17.7 Å². The third-order valence-corrected chi connectivity index (χ3v) is 8.84. The third kappa shape index (κ3) is 3.29. The maximum atomic E-state index is 14.4. The van der Waals surface area contributed by atoms with E-state index in [0.717, 1.165) is 27.8 Å². The lowest BCUT2D eigenvalue weighted by Gasteiger charge is -2.52. The Bertz CT molecular complexity index is 1700. The number of hydrogen-bond acceptors (Lipinski definition) is 4. The number of nitrogens with one attached hydrogen (secondary N) is 1. The van der Waals surface area contributed by atoms with Gasteiger partial charge in [-0.3, -0.25) is 14.4 Å². The van der Waals surface area contributed by atoms with Crippen molar-refractivity contribution in [1.82, 2.24) is 5.43 Å². The molecule has 0 aromatic heterocycles. The Morgan fingerprint density at radius 3 is 2.10 bits per heavy atom. The van der Waals surface area contributed by atoms with Crippen molar-refractivity contribution in [1.29, 1.82) is 0 Å². The average molecular weight is 546 g/mol. The normalized spacial score (nSPS) is 24.1. The van der Waals surface area contributed by atoms with Gasteiger partial charge in [0.15, 0.2) is 0 Å². The zero-order chi connectivity index (χ0) is 27.6. The largest absolute Gasteiger partial charge is 0.274 e. The SMILES string of the molecule is Cc1ccc(C(=O)N/N=C/C23c4ccccc4C(c4ccccc42)[C@@H]2C(=O)N(c4ccccc4Cl)C(=O)[C@H]23)cc1. The van der Waals surface area contributed by atoms with Crippen LogP contribution in [-0.4, -0.2) is 23.9 Å². The first-order valence-electron chi connectivity index (χ1n) is 13.2. The molecular formula is C33H24ClN3O3. The minimum absolute atomic E-state index is 0.279. The lowest BCUT2D eigenvalue weighted by atomic mass is 9.47. The molecule has 3 aliphatic carbocycles. The van der Waals surface area contributed by atoms with Crippen LogP contribution in [0.15, 0.2) is 102 Å². The Morgan fingerprint density at radius 1 is 0.850 bits per heavy atom. The molecule has 1 fully saturated rings. The number of halogens is 1. The van der Waals surface area contributed by atoms with E-state index in [2.05, 4.69) is 10.5 Å². The van der Waals surface area contributed by atoms with Crippen molar-refractivity contribution in [3.05, 3.63) is 135 Å². The van der Waals surface area contributed by atoms with Crippen LogP contribution in [0.3, 0.4) is 0 Å². The number of imide groups is 1. The highest BCUT2D eigenvalue weighted by atomic mass is 35.5. The number of aryl methyl sites for hydroxylation is 1. The topological polar surface area (TPSA) is 78.8 Å². The van der Waals surface area contributed by atoms with Crippen molar-refractivity contribution in [2.45, 2.75) is 18.3 Å². The molecule has 6 nitrogen and oxygen atoms in total. The smallest absolute Gasteiger partial charge is 0.271 e. The van der Waals surface area contributed by atoms with Gasteiger partial charge in [-0.05, 0) is 53.4 Å². The Morgan fingerprint density at radius 2 is 1.45 bits per heavy atom. The zero-order valence-electron chi connectivity index (χ0n) is 21.5. The fourth-order valence-electron chi connectivity index (χ4n) is 6.88. The molecule has 1 aliphatic heterocycles. The number of para-hydroxylation sites is 1. The fourth-order valence-corrected chi connectivity index (χ4v) is 7.10. The highest BCUT2D eigenvalue weighted by molar-refractivity contribution is 6.36. The van der Waals surface area contributed by atoms with Crippen molar-refractivity contribution in [2.24, 2.45) is 16.9 Å². The minimum Gasteiger partial charge on any atom is -0.274 e. The average Bonchev–Trinajstić information content (AvgIpc) is 3.24. The summed E-state index contributed by atoms with van der Waals surface area (Å²) in [6.07, 6.45) is 1.66. The Balaban J connectivity index is 1.41. The number of hydrogen-bond donors (Lipinski definition) is 1. The summed E-state index contributed by atoms with van der Waals surface area (Å²) in [5.41, 5.74) is 7.28. The second-order valence-electron chi connectivity index (χ2n) is 10.6. The molecule has 4 aliphatic rings. The van der Waals surface area contributed by atoms with Crippen LogP contribution in [0.2, 0.25) is 5.02 Å².